The van der Waals surface area contributed by atoms with Gasteiger partial charge in [0, 0.05) is 6.54 Å². The number of ether oxygens (including phenoxy) is 1. The minimum Gasteiger partial charge on any atom is -0.476 e. The Kier molecular flexibility index (Phi) is 3.09. The molecule has 3 aliphatic rings. The molecule has 1 aromatic rings. The van der Waals surface area contributed by atoms with Gasteiger partial charge in [-0.25, -0.2) is 9.18 Å². The SMILES string of the molecule is CC1N=C(C(=O)O)C(=O)N2C1=COc1c3c(cc(F)c12)CCCN3. The highest BCUT2D eigenvalue weighted by Gasteiger charge is 2.42. The number of aryl methyl sites for hydroxylation is 1. The molecule has 124 valence electrons. The summed E-state index contributed by atoms with van der Waals surface area (Å²) in [6, 6.07) is 0.738. The van der Waals surface area contributed by atoms with Gasteiger partial charge in [0.2, 0.25) is 5.71 Å². The van der Waals surface area contributed by atoms with Gasteiger partial charge in [0.1, 0.15) is 11.9 Å². The Hall–Kier alpha value is -2.90. The van der Waals surface area contributed by atoms with Crippen molar-refractivity contribution < 1.29 is 23.8 Å². The summed E-state index contributed by atoms with van der Waals surface area (Å²) in [7, 11) is 0. The summed E-state index contributed by atoms with van der Waals surface area (Å²) in [4.78, 5) is 28.8. The molecule has 1 aromatic carbocycles. The van der Waals surface area contributed by atoms with E-state index in [1.807, 2.05) is 0 Å². The van der Waals surface area contributed by atoms with Crippen LogP contribution in [0.2, 0.25) is 0 Å². The number of carboxylic acids is 1. The van der Waals surface area contributed by atoms with Crippen LogP contribution < -0.4 is 15.0 Å². The van der Waals surface area contributed by atoms with Crippen molar-refractivity contribution in [1.82, 2.24) is 0 Å². The monoisotopic (exact) mass is 331 g/mol. The lowest BCUT2D eigenvalue weighted by Crippen LogP contribution is -2.48. The van der Waals surface area contributed by atoms with E-state index in [2.05, 4.69) is 10.3 Å². The lowest BCUT2D eigenvalue weighted by Gasteiger charge is -2.36. The molecule has 0 bridgehead atoms. The van der Waals surface area contributed by atoms with Crippen LogP contribution in [-0.4, -0.2) is 35.3 Å². The van der Waals surface area contributed by atoms with Crippen molar-refractivity contribution in [2.45, 2.75) is 25.8 Å². The number of carbonyl (C=O) groups is 2. The first-order valence-electron chi connectivity index (χ1n) is 7.60. The molecular formula is C16H14FN3O4. The van der Waals surface area contributed by atoms with Crippen molar-refractivity contribution in [3.63, 3.8) is 0 Å². The lowest BCUT2D eigenvalue weighted by molar-refractivity contribution is -0.130. The number of hydrogen-bond acceptors (Lipinski definition) is 5. The summed E-state index contributed by atoms with van der Waals surface area (Å²) < 4.78 is 20.4. The van der Waals surface area contributed by atoms with E-state index in [1.165, 1.54) is 12.3 Å². The average molecular weight is 331 g/mol. The third-order valence-electron chi connectivity index (χ3n) is 4.35. The van der Waals surface area contributed by atoms with Gasteiger partial charge < -0.3 is 15.2 Å². The van der Waals surface area contributed by atoms with Gasteiger partial charge in [-0.3, -0.25) is 14.7 Å². The van der Waals surface area contributed by atoms with Gasteiger partial charge in [-0.15, -0.1) is 0 Å². The summed E-state index contributed by atoms with van der Waals surface area (Å²) in [5.41, 5.74) is 1.06. The smallest absolute Gasteiger partial charge is 0.359 e. The standard InChI is InChI=1S/C16H14FN3O4/c1-7-10-6-24-14-11-8(3-2-4-18-11)5-9(17)13(14)20(10)15(21)12(19-7)16(22)23/h5-7,18H,2-4H2,1H3,(H,22,23). The number of aliphatic carboxylic acids is 1. The number of benzene rings is 1. The zero-order chi connectivity index (χ0) is 17.0. The Morgan fingerprint density at radius 1 is 1.54 bits per heavy atom. The second kappa shape index (κ2) is 5.05. The molecule has 1 atom stereocenters. The number of anilines is 2. The lowest BCUT2D eigenvalue weighted by atomic mass is 9.99. The second-order valence-electron chi connectivity index (χ2n) is 5.86. The third-order valence-corrected chi connectivity index (χ3v) is 4.35. The van der Waals surface area contributed by atoms with Crippen molar-refractivity contribution in [1.29, 1.82) is 0 Å². The number of carbonyl (C=O) groups excluding carboxylic acids is 1. The van der Waals surface area contributed by atoms with Crippen LogP contribution in [0, 0.1) is 5.82 Å². The fraction of sp³-hybridized carbons (Fsp3) is 0.312. The fourth-order valence-electron chi connectivity index (χ4n) is 3.25. The Balaban J connectivity index is 1.92. The molecule has 0 aliphatic carbocycles. The Labute approximate surface area is 136 Å². The fourth-order valence-corrected chi connectivity index (χ4v) is 3.25. The van der Waals surface area contributed by atoms with Crippen LogP contribution >= 0.6 is 0 Å². The molecule has 1 amide bonds. The Bertz CT molecular complexity index is 846. The predicted molar refractivity (Wildman–Crippen MR) is 83.9 cm³/mol. The second-order valence-corrected chi connectivity index (χ2v) is 5.86. The number of nitrogens with zero attached hydrogens (tertiary/aromatic N) is 2. The van der Waals surface area contributed by atoms with Crippen LogP contribution in [0.4, 0.5) is 15.8 Å². The van der Waals surface area contributed by atoms with Crippen molar-refractivity contribution in [3.8, 4) is 5.75 Å². The average Bonchev–Trinajstić information content (AvgIpc) is 2.57. The van der Waals surface area contributed by atoms with E-state index in [-0.39, 0.29) is 11.4 Å². The molecule has 3 aliphatic heterocycles. The normalized spacial score (nSPS) is 21.5. The highest BCUT2D eigenvalue weighted by molar-refractivity contribution is 6.66. The van der Waals surface area contributed by atoms with Crippen LogP contribution in [0.1, 0.15) is 18.9 Å². The van der Waals surface area contributed by atoms with Crippen LogP contribution in [0.25, 0.3) is 0 Å². The van der Waals surface area contributed by atoms with E-state index >= 15 is 0 Å². The number of hydrogen-bond donors (Lipinski definition) is 2. The van der Waals surface area contributed by atoms with Crippen molar-refractivity contribution >= 4 is 29.0 Å². The molecule has 0 saturated carbocycles. The number of nitrogens with one attached hydrogen (secondary N) is 1. The van der Waals surface area contributed by atoms with Crippen molar-refractivity contribution in [3.05, 3.63) is 29.4 Å². The van der Waals surface area contributed by atoms with Gasteiger partial charge >= 0.3 is 5.97 Å². The molecular weight excluding hydrogens is 317 g/mol. The summed E-state index contributed by atoms with van der Waals surface area (Å²) in [6.45, 7) is 2.34. The molecule has 3 heterocycles. The van der Waals surface area contributed by atoms with E-state index in [4.69, 9.17) is 4.74 Å². The maximum atomic E-state index is 14.7. The number of halogens is 1. The number of carboxylic acid groups (broad SMARTS) is 1. The van der Waals surface area contributed by atoms with E-state index in [0.717, 1.165) is 23.4 Å². The van der Waals surface area contributed by atoms with Gasteiger partial charge in [-0.2, -0.15) is 0 Å². The summed E-state index contributed by atoms with van der Waals surface area (Å²) in [6.07, 6.45) is 2.92. The molecule has 0 radical (unpaired) electrons. The Morgan fingerprint density at radius 3 is 3.08 bits per heavy atom. The molecule has 4 rings (SSSR count). The first-order valence-corrected chi connectivity index (χ1v) is 7.60. The van der Waals surface area contributed by atoms with E-state index in [0.29, 0.717) is 17.8 Å². The summed E-state index contributed by atoms with van der Waals surface area (Å²) >= 11 is 0. The molecule has 1 unspecified atom stereocenters. The molecule has 2 N–H and O–H groups in total. The highest BCUT2D eigenvalue weighted by atomic mass is 19.1. The molecule has 0 fully saturated rings. The van der Waals surface area contributed by atoms with E-state index < -0.39 is 29.4 Å². The van der Waals surface area contributed by atoms with Gasteiger partial charge in [0.05, 0.1) is 17.4 Å². The molecule has 0 spiro atoms. The molecule has 7 nitrogen and oxygen atoms in total. The number of fused-ring (bicyclic) bond motifs is 5. The zero-order valence-corrected chi connectivity index (χ0v) is 12.8. The highest BCUT2D eigenvalue weighted by Crippen LogP contribution is 2.47. The number of rotatable bonds is 1. The van der Waals surface area contributed by atoms with Gasteiger partial charge in [0.25, 0.3) is 5.91 Å². The topological polar surface area (TPSA) is 91.2 Å². The summed E-state index contributed by atoms with van der Waals surface area (Å²) in [5, 5.41) is 12.4. The molecule has 0 saturated heterocycles. The first kappa shape index (κ1) is 14.7. The summed E-state index contributed by atoms with van der Waals surface area (Å²) in [5.74, 6) is -2.72. The van der Waals surface area contributed by atoms with E-state index in [1.54, 1.807) is 6.92 Å². The number of aliphatic imine (C=N–C) groups is 1. The van der Waals surface area contributed by atoms with Gasteiger partial charge in [-0.1, -0.05) is 0 Å². The maximum absolute atomic E-state index is 14.7. The minimum atomic E-state index is -1.43. The van der Waals surface area contributed by atoms with Crippen LogP contribution in [0.5, 0.6) is 5.75 Å². The van der Waals surface area contributed by atoms with Crippen LogP contribution in [0.3, 0.4) is 0 Å². The van der Waals surface area contributed by atoms with Gasteiger partial charge in [-0.05, 0) is 31.4 Å². The van der Waals surface area contributed by atoms with E-state index in [9.17, 15) is 19.1 Å². The Morgan fingerprint density at radius 2 is 2.33 bits per heavy atom. The number of amides is 1. The first-order chi connectivity index (χ1) is 11.5. The quantitative estimate of drug-likeness (QED) is 0.817. The minimum absolute atomic E-state index is 0.0637. The van der Waals surface area contributed by atoms with Crippen LogP contribution in [0.15, 0.2) is 23.0 Å². The van der Waals surface area contributed by atoms with Crippen molar-refractivity contribution in [2.24, 2.45) is 4.99 Å². The largest absolute Gasteiger partial charge is 0.476 e. The van der Waals surface area contributed by atoms with Crippen molar-refractivity contribution in [2.75, 3.05) is 16.8 Å². The third kappa shape index (κ3) is 1.92. The zero-order valence-electron chi connectivity index (χ0n) is 12.8. The molecule has 24 heavy (non-hydrogen) atoms. The maximum Gasteiger partial charge on any atom is 0.359 e. The predicted octanol–water partition coefficient (Wildman–Crippen LogP) is 1.68. The van der Waals surface area contributed by atoms with Gasteiger partial charge in [0.15, 0.2) is 11.6 Å². The molecule has 8 heteroatoms. The molecule has 0 aromatic heterocycles. The van der Waals surface area contributed by atoms with Crippen LogP contribution in [-0.2, 0) is 16.0 Å².